The molecule has 6 atom stereocenters. The number of hydroxylamine groups is 4. The minimum absolute atomic E-state index is 0.00748. The number of carbonyl (C=O) groups is 2. The van der Waals surface area contributed by atoms with Crippen molar-refractivity contribution in [2.45, 2.75) is 69.1 Å². The number of hydrogen-bond donors (Lipinski definition) is 2. The third-order valence-electron chi connectivity index (χ3n) is 5.66. The molecule has 0 unspecified atom stereocenters. The fourth-order valence-corrected chi connectivity index (χ4v) is 4.13. The molecule has 29 heavy (non-hydrogen) atoms. The Bertz CT molecular complexity index is 783. The molecule has 156 valence electrons. The second-order valence-electron chi connectivity index (χ2n) is 7.84. The highest BCUT2D eigenvalue weighted by molar-refractivity contribution is 5.82. The number of hydrogen-bond acceptors (Lipinski definition) is 6. The molecule has 3 fully saturated rings. The van der Waals surface area contributed by atoms with E-state index >= 15 is 0 Å². The van der Waals surface area contributed by atoms with Crippen molar-refractivity contribution in [1.29, 1.82) is 0 Å². The Morgan fingerprint density at radius 3 is 2.28 bits per heavy atom. The minimum Gasteiger partial charge on any atom is -0.383 e. The van der Waals surface area contributed by atoms with Crippen LogP contribution in [-0.4, -0.2) is 62.5 Å². The third kappa shape index (κ3) is 4.06. The molecule has 4 aliphatic rings. The van der Waals surface area contributed by atoms with Gasteiger partial charge in [0.05, 0.1) is 18.2 Å². The summed E-state index contributed by atoms with van der Waals surface area (Å²) in [6, 6.07) is 9.09. The molecule has 1 saturated carbocycles. The van der Waals surface area contributed by atoms with Gasteiger partial charge in [-0.25, -0.2) is 10.1 Å². The molecule has 0 aromatic heterocycles. The second-order valence-corrected chi connectivity index (χ2v) is 7.84. The van der Waals surface area contributed by atoms with Gasteiger partial charge in [-0.05, 0) is 31.7 Å². The fraction of sp³-hybridized carbons (Fsp3) is 0.524. The summed E-state index contributed by atoms with van der Waals surface area (Å²) in [6.07, 6.45) is 5.83. The van der Waals surface area contributed by atoms with E-state index in [-0.39, 0.29) is 30.2 Å². The van der Waals surface area contributed by atoms with E-state index in [0.717, 1.165) is 25.7 Å². The quantitative estimate of drug-likeness (QED) is 0.739. The normalized spacial score (nSPS) is 30.9. The molecule has 2 aliphatic carbocycles. The Balaban J connectivity index is 0.000000150. The molecule has 1 aromatic carbocycles. The van der Waals surface area contributed by atoms with Crippen LogP contribution in [0.15, 0.2) is 42.5 Å². The van der Waals surface area contributed by atoms with E-state index in [4.69, 9.17) is 14.8 Å². The molecule has 8 heteroatoms. The molecule has 2 aliphatic heterocycles. The zero-order valence-corrected chi connectivity index (χ0v) is 16.3. The largest absolute Gasteiger partial charge is 0.383 e. The zero-order chi connectivity index (χ0) is 20.5. The summed E-state index contributed by atoms with van der Waals surface area (Å²) in [4.78, 5) is 34.0. The predicted molar refractivity (Wildman–Crippen MR) is 102 cm³/mol. The summed E-state index contributed by atoms with van der Waals surface area (Å²) in [6.45, 7) is 1.47. The fourth-order valence-electron chi connectivity index (χ4n) is 4.13. The van der Waals surface area contributed by atoms with Crippen molar-refractivity contribution in [3.05, 3.63) is 48.0 Å². The van der Waals surface area contributed by atoms with Crippen LogP contribution in [0, 0.1) is 0 Å². The number of amides is 2. The lowest BCUT2D eigenvalue weighted by molar-refractivity contribution is -0.205. The smallest absolute Gasteiger partial charge is 0.280 e. The average molecular weight is 402 g/mol. The molecule has 0 radical (unpaired) electrons. The maximum absolute atomic E-state index is 12.1. The lowest BCUT2D eigenvalue weighted by Gasteiger charge is -2.26. The van der Waals surface area contributed by atoms with Crippen molar-refractivity contribution in [2.24, 2.45) is 0 Å². The molecule has 8 nitrogen and oxygen atoms in total. The van der Waals surface area contributed by atoms with Gasteiger partial charge in [-0.1, -0.05) is 42.5 Å². The Hall–Kier alpha value is -2.26. The van der Waals surface area contributed by atoms with E-state index in [1.807, 2.05) is 18.2 Å². The van der Waals surface area contributed by atoms with Gasteiger partial charge in [-0.3, -0.25) is 19.3 Å². The van der Waals surface area contributed by atoms with Crippen molar-refractivity contribution in [1.82, 2.24) is 10.1 Å². The van der Waals surface area contributed by atoms with E-state index in [1.165, 1.54) is 17.1 Å². The van der Waals surface area contributed by atoms with Crippen LogP contribution >= 0.6 is 0 Å². The number of carbonyl (C=O) groups excluding carboxylic acids is 2. The van der Waals surface area contributed by atoms with E-state index in [9.17, 15) is 14.7 Å². The van der Waals surface area contributed by atoms with Crippen LogP contribution in [0.3, 0.4) is 0 Å². The van der Waals surface area contributed by atoms with Crippen LogP contribution < -0.4 is 0 Å². The van der Waals surface area contributed by atoms with Crippen LogP contribution in [0.5, 0.6) is 0 Å². The number of aliphatic hydroxyl groups is 2. The van der Waals surface area contributed by atoms with E-state index in [1.54, 1.807) is 24.3 Å². The highest BCUT2D eigenvalue weighted by atomic mass is 16.7. The molecule has 4 bridgehead atoms. The molecule has 2 N–H and O–H groups in total. The maximum atomic E-state index is 12.1. The van der Waals surface area contributed by atoms with Gasteiger partial charge >= 0.3 is 0 Å². The SMILES string of the molecule is C[C@@H](O)C(=O)N1O[C@@H]2CC[C@H]1C2.O=C([C@H](O)c1ccccc1)N1O[C@@H]2C=C[C@H]1C2. The lowest BCUT2D eigenvalue weighted by Crippen LogP contribution is -2.41. The van der Waals surface area contributed by atoms with Gasteiger partial charge in [0.25, 0.3) is 11.8 Å². The van der Waals surface area contributed by atoms with E-state index in [0.29, 0.717) is 5.56 Å². The Kier molecular flexibility index (Phi) is 5.69. The van der Waals surface area contributed by atoms with Crippen molar-refractivity contribution in [2.75, 3.05) is 0 Å². The van der Waals surface area contributed by atoms with Crippen LogP contribution in [-0.2, 0) is 19.3 Å². The standard InChI is InChI=1S/C13H13NO3.C8H13NO3/c15-12(9-4-2-1-3-5-9)13(16)14-10-6-7-11(8-10)17-14;1-5(10)8(11)9-6-2-3-7(4-6)12-9/h1-7,10-12,15H,8H2;5-7,10H,2-4H2,1H3/t10-,11+,12+;5-,6+,7-/m01/s1. The average Bonchev–Trinajstić information content (AvgIpc) is 3.54. The number of fused-ring (bicyclic) bond motifs is 4. The summed E-state index contributed by atoms with van der Waals surface area (Å²) < 4.78 is 0. The molecule has 1 aromatic rings. The van der Waals surface area contributed by atoms with Gasteiger partial charge in [0.15, 0.2) is 6.10 Å². The lowest BCUT2D eigenvalue weighted by atomic mass is 10.1. The van der Waals surface area contributed by atoms with Crippen molar-refractivity contribution < 1.29 is 29.5 Å². The van der Waals surface area contributed by atoms with Gasteiger partial charge in [-0.2, -0.15) is 0 Å². The topological polar surface area (TPSA) is 99.5 Å². The number of aliphatic hydroxyl groups excluding tert-OH is 2. The number of rotatable bonds is 3. The van der Waals surface area contributed by atoms with Crippen molar-refractivity contribution >= 4 is 11.8 Å². The van der Waals surface area contributed by atoms with Crippen molar-refractivity contribution in [3.8, 4) is 0 Å². The monoisotopic (exact) mass is 402 g/mol. The first kappa shape index (κ1) is 20.0. The Morgan fingerprint density at radius 1 is 1.00 bits per heavy atom. The van der Waals surface area contributed by atoms with Gasteiger partial charge in [0.1, 0.15) is 12.2 Å². The highest BCUT2D eigenvalue weighted by Crippen LogP contribution is 2.35. The van der Waals surface area contributed by atoms with Crippen LogP contribution in [0.25, 0.3) is 0 Å². The highest BCUT2D eigenvalue weighted by Gasteiger charge is 2.43. The first-order valence-corrected chi connectivity index (χ1v) is 10.0. The summed E-state index contributed by atoms with van der Waals surface area (Å²) >= 11 is 0. The third-order valence-corrected chi connectivity index (χ3v) is 5.66. The molecule has 2 saturated heterocycles. The first-order valence-electron chi connectivity index (χ1n) is 10.0. The summed E-state index contributed by atoms with van der Waals surface area (Å²) in [7, 11) is 0. The number of benzene rings is 1. The summed E-state index contributed by atoms with van der Waals surface area (Å²) in [5.41, 5.74) is 0.591. The minimum atomic E-state index is -1.15. The van der Waals surface area contributed by atoms with Crippen molar-refractivity contribution in [3.63, 3.8) is 0 Å². The Labute approximate surface area is 169 Å². The predicted octanol–water partition coefficient (Wildman–Crippen LogP) is 1.25. The Morgan fingerprint density at radius 2 is 1.76 bits per heavy atom. The van der Waals surface area contributed by atoms with Crippen LogP contribution in [0.2, 0.25) is 0 Å². The zero-order valence-electron chi connectivity index (χ0n) is 16.3. The molecular formula is C21H26N2O6. The van der Waals surface area contributed by atoms with Crippen LogP contribution in [0.4, 0.5) is 0 Å². The van der Waals surface area contributed by atoms with Gasteiger partial charge < -0.3 is 10.2 Å². The van der Waals surface area contributed by atoms with E-state index in [2.05, 4.69) is 0 Å². The summed E-state index contributed by atoms with van der Waals surface area (Å²) in [5, 5.41) is 21.7. The van der Waals surface area contributed by atoms with Crippen LogP contribution in [0.1, 0.15) is 44.3 Å². The van der Waals surface area contributed by atoms with Gasteiger partial charge in [-0.15, -0.1) is 0 Å². The molecule has 2 amide bonds. The second kappa shape index (κ2) is 8.23. The van der Waals surface area contributed by atoms with Gasteiger partial charge in [0.2, 0.25) is 0 Å². The first-order chi connectivity index (χ1) is 13.9. The molecule has 5 rings (SSSR count). The maximum Gasteiger partial charge on any atom is 0.280 e. The molecular weight excluding hydrogens is 376 g/mol. The van der Waals surface area contributed by atoms with Gasteiger partial charge in [0, 0.05) is 6.42 Å². The van der Waals surface area contributed by atoms with E-state index < -0.39 is 18.1 Å². The molecule has 2 heterocycles. The summed E-state index contributed by atoms with van der Waals surface area (Å²) in [5.74, 6) is -0.699. The number of nitrogens with zero attached hydrogens (tertiary/aromatic N) is 2. The molecule has 0 spiro atoms.